The molecule has 2 aromatic carbocycles. The van der Waals surface area contributed by atoms with Gasteiger partial charge in [0.15, 0.2) is 5.78 Å². The molecule has 20 heavy (non-hydrogen) atoms. The molecule has 2 aromatic rings. The van der Waals surface area contributed by atoms with E-state index >= 15 is 0 Å². The number of benzene rings is 2. The van der Waals surface area contributed by atoms with E-state index in [0.717, 1.165) is 26.9 Å². The summed E-state index contributed by atoms with van der Waals surface area (Å²) in [6.45, 7) is 4.01. The van der Waals surface area contributed by atoms with Gasteiger partial charge in [0.1, 0.15) is 5.75 Å². The van der Waals surface area contributed by atoms with Gasteiger partial charge < -0.3 is 4.74 Å². The Hall–Kier alpha value is -1.61. The number of halogens is 1. The first-order chi connectivity index (χ1) is 9.51. The Morgan fingerprint density at radius 1 is 1.10 bits per heavy atom. The van der Waals surface area contributed by atoms with Gasteiger partial charge in [-0.05, 0) is 37.6 Å². The van der Waals surface area contributed by atoms with Crippen molar-refractivity contribution in [1.82, 2.24) is 0 Å². The fourth-order valence-corrected chi connectivity index (χ4v) is 2.87. The number of carbonyl (C=O) groups is 1. The number of carbonyl (C=O) groups excluding carboxylic acids is 1. The molecule has 3 heteroatoms. The van der Waals surface area contributed by atoms with Crippen LogP contribution in [0.15, 0.2) is 40.9 Å². The van der Waals surface area contributed by atoms with Crippen molar-refractivity contribution in [2.24, 2.45) is 0 Å². The van der Waals surface area contributed by atoms with E-state index in [9.17, 15) is 4.79 Å². The first-order valence-electron chi connectivity index (χ1n) is 6.44. The molecule has 0 aliphatic carbocycles. The maximum atomic E-state index is 12.4. The Morgan fingerprint density at radius 2 is 1.75 bits per heavy atom. The molecule has 0 amide bonds. The summed E-state index contributed by atoms with van der Waals surface area (Å²) in [7, 11) is 1.63. The average molecular weight is 333 g/mol. The average Bonchev–Trinajstić information content (AvgIpc) is 2.38. The topological polar surface area (TPSA) is 26.3 Å². The first kappa shape index (κ1) is 14.8. The Labute approximate surface area is 127 Å². The van der Waals surface area contributed by atoms with E-state index in [-0.39, 0.29) is 5.78 Å². The van der Waals surface area contributed by atoms with Gasteiger partial charge in [-0.3, -0.25) is 4.79 Å². The van der Waals surface area contributed by atoms with Gasteiger partial charge in [-0.15, -0.1) is 0 Å². The third kappa shape index (κ3) is 3.28. The van der Waals surface area contributed by atoms with E-state index in [1.165, 1.54) is 0 Å². The first-order valence-corrected chi connectivity index (χ1v) is 7.23. The summed E-state index contributed by atoms with van der Waals surface area (Å²) < 4.78 is 6.16. The second kappa shape index (κ2) is 6.23. The molecule has 0 heterocycles. The predicted molar refractivity (Wildman–Crippen MR) is 84.6 cm³/mol. The second-order valence-electron chi connectivity index (χ2n) is 4.90. The minimum atomic E-state index is 0.0841. The van der Waals surface area contributed by atoms with Crippen LogP contribution in [0.1, 0.15) is 27.0 Å². The van der Waals surface area contributed by atoms with Gasteiger partial charge in [-0.1, -0.05) is 39.7 Å². The number of hydrogen-bond acceptors (Lipinski definition) is 2. The molecule has 0 fully saturated rings. The molecule has 0 N–H and O–H groups in total. The molecule has 0 radical (unpaired) electrons. The molecule has 0 spiro atoms. The Balaban J connectivity index is 2.30. The summed E-state index contributed by atoms with van der Waals surface area (Å²) in [5.41, 5.74) is 3.88. The van der Waals surface area contributed by atoms with Crippen LogP contribution in [0.25, 0.3) is 0 Å². The minimum Gasteiger partial charge on any atom is -0.496 e. The van der Waals surface area contributed by atoms with Gasteiger partial charge in [0.2, 0.25) is 0 Å². The van der Waals surface area contributed by atoms with Crippen LogP contribution in [0.5, 0.6) is 5.75 Å². The normalized spacial score (nSPS) is 10.4. The van der Waals surface area contributed by atoms with E-state index in [0.29, 0.717) is 12.0 Å². The summed E-state index contributed by atoms with van der Waals surface area (Å²) >= 11 is 3.46. The molecule has 0 aliphatic rings. The van der Waals surface area contributed by atoms with Crippen LogP contribution in [0.2, 0.25) is 0 Å². The molecule has 0 atom stereocenters. The third-order valence-electron chi connectivity index (χ3n) is 3.21. The van der Waals surface area contributed by atoms with Crippen molar-refractivity contribution in [3.8, 4) is 5.75 Å². The third-order valence-corrected chi connectivity index (χ3v) is 3.87. The highest BCUT2D eigenvalue weighted by molar-refractivity contribution is 9.10. The zero-order valence-electron chi connectivity index (χ0n) is 11.9. The van der Waals surface area contributed by atoms with Crippen LogP contribution >= 0.6 is 15.9 Å². The molecule has 104 valence electrons. The van der Waals surface area contributed by atoms with Crippen molar-refractivity contribution in [1.29, 1.82) is 0 Å². The molecular weight excluding hydrogens is 316 g/mol. The summed E-state index contributed by atoms with van der Waals surface area (Å²) in [6, 6.07) is 11.7. The SMILES string of the molecule is COc1ccc(C)cc1CC(=O)c1ccc(C)cc1Br. The van der Waals surface area contributed by atoms with E-state index in [1.807, 2.05) is 50.2 Å². The number of rotatable bonds is 4. The quantitative estimate of drug-likeness (QED) is 0.770. The van der Waals surface area contributed by atoms with Gasteiger partial charge in [-0.25, -0.2) is 0 Å². The highest BCUT2D eigenvalue weighted by Gasteiger charge is 2.13. The van der Waals surface area contributed by atoms with E-state index in [2.05, 4.69) is 15.9 Å². The molecular formula is C17H17BrO2. The molecule has 0 bridgehead atoms. The minimum absolute atomic E-state index is 0.0841. The lowest BCUT2D eigenvalue weighted by Crippen LogP contribution is -2.06. The number of ether oxygens (including phenoxy) is 1. The van der Waals surface area contributed by atoms with E-state index in [4.69, 9.17) is 4.74 Å². The Bertz CT molecular complexity index is 647. The zero-order chi connectivity index (χ0) is 14.7. The standard InChI is InChI=1S/C17H17BrO2/c1-11-5-7-17(20-3)13(8-11)10-16(19)14-6-4-12(2)9-15(14)18/h4-9H,10H2,1-3H3. The van der Waals surface area contributed by atoms with Crippen molar-refractivity contribution in [2.45, 2.75) is 20.3 Å². The molecule has 0 aromatic heterocycles. The molecule has 0 saturated carbocycles. The highest BCUT2D eigenvalue weighted by Crippen LogP contribution is 2.24. The molecule has 0 saturated heterocycles. The van der Waals surface area contributed by atoms with Crippen molar-refractivity contribution in [2.75, 3.05) is 7.11 Å². The number of methoxy groups -OCH3 is 1. The summed E-state index contributed by atoms with van der Waals surface area (Å²) in [5.74, 6) is 0.841. The number of Topliss-reactive ketones (excluding diaryl/α,β-unsaturated/α-hetero) is 1. The smallest absolute Gasteiger partial charge is 0.168 e. The second-order valence-corrected chi connectivity index (χ2v) is 5.75. The van der Waals surface area contributed by atoms with Crippen LogP contribution in [-0.4, -0.2) is 12.9 Å². The van der Waals surface area contributed by atoms with Crippen molar-refractivity contribution in [3.05, 3.63) is 63.1 Å². The molecule has 0 aliphatic heterocycles. The number of aryl methyl sites for hydroxylation is 2. The number of hydrogen-bond donors (Lipinski definition) is 0. The fraction of sp³-hybridized carbons (Fsp3) is 0.235. The maximum absolute atomic E-state index is 12.4. The Kier molecular flexibility index (Phi) is 4.61. The Morgan fingerprint density at radius 3 is 2.40 bits per heavy atom. The summed E-state index contributed by atoms with van der Waals surface area (Å²) in [5, 5.41) is 0. The van der Waals surface area contributed by atoms with Gasteiger partial charge in [-0.2, -0.15) is 0 Å². The largest absolute Gasteiger partial charge is 0.496 e. The van der Waals surface area contributed by atoms with Gasteiger partial charge in [0.25, 0.3) is 0 Å². The van der Waals surface area contributed by atoms with Crippen LogP contribution in [-0.2, 0) is 6.42 Å². The molecule has 2 rings (SSSR count). The van der Waals surface area contributed by atoms with Crippen molar-refractivity contribution < 1.29 is 9.53 Å². The molecule has 2 nitrogen and oxygen atoms in total. The molecule has 0 unspecified atom stereocenters. The van der Waals surface area contributed by atoms with Gasteiger partial charge >= 0.3 is 0 Å². The van der Waals surface area contributed by atoms with Crippen LogP contribution in [0.4, 0.5) is 0 Å². The lowest BCUT2D eigenvalue weighted by Gasteiger charge is -2.10. The zero-order valence-corrected chi connectivity index (χ0v) is 13.5. The monoisotopic (exact) mass is 332 g/mol. The lowest BCUT2D eigenvalue weighted by atomic mass is 10.00. The predicted octanol–water partition coefficient (Wildman–Crippen LogP) is 4.50. The van der Waals surface area contributed by atoms with E-state index < -0.39 is 0 Å². The maximum Gasteiger partial charge on any atom is 0.168 e. The summed E-state index contributed by atoms with van der Waals surface area (Å²) in [6.07, 6.45) is 0.340. The van der Waals surface area contributed by atoms with Crippen LogP contribution < -0.4 is 4.74 Å². The lowest BCUT2D eigenvalue weighted by molar-refractivity contribution is 0.0991. The van der Waals surface area contributed by atoms with Crippen molar-refractivity contribution >= 4 is 21.7 Å². The van der Waals surface area contributed by atoms with Crippen LogP contribution in [0.3, 0.4) is 0 Å². The summed E-state index contributed by atoms with van der Waals surface area (Å²) in [4.78, 5) is 12.4. The van der Waals surface area contributed by atoms with Crippen molar-refractivity contribution in [3.63, 3.8) is 0 Å². The highest BCUT2D eigenvalue weighted by atomic mass is 79.9. The van der Waals surface area contributed by atoms with E-state index in [1.54, 1.807) is 7.11 Å². The van der Waals surface area contributed by atoms with Crippen LogP contribution in [0, 0.1) is 13.8 Å². The number of ketones is 1. The van der Waals surface area contributed by atoms with Gasteiger partial charge in [0, 0.05) is 22.0 Å². The fourth-order valence-electron chi connectivity index (χ4n) is 2.16. The van der Waals surface area contributed by atoms with Gasteiger partial charge in [0.05, 0.1) is 7.11 Å².